The molecule has 0 bridgehead atoms. The Morgan fingerprint density at radius 2 is 2.18 bits per heavy atom. The lowest BCUT2D eigenvalue weighted by Gasteiger charge is -2.25. The second-order valence-corrected chi connectivity index (χ2v) is 5.81. The lowest BCUT2D eigenvalue weighted by Crippen LogP contribution is -2.38. The smallest absolute Gasteiger partial charge is 0.227 e. The maximum absolute atomic E-state index is 12.2. The molecule has 17 heavy (non-hydrogen) atoms. The van der Waals surface area contributed by atoms with Crippen molar-refractivity contribution >= 4 is 17.2 Å². The van der Waals surface area contributed by atoms with E-state index in [0.717, 1.165) is 0 Å². The van der Waals surface area contributed by atoms with E-state index in [1.54, 1.807) is 16.2 Å². The number of carbonyl (C=O) groups is 1. The molecular weight excluding hydrogens is 232 g/mol. The fourth-order valence-electron chi connectivity index (χ4n) is 1.80. The monoisotopic (exact) mass is 254 g/mol. The third kappa shape index (κ3) is 3.54. The van der Waals surface area contributed by atoms with E-state index >= 15 is 0 Å². The number of thiophene rings is 1. The Morgan fingerprint density at radius 3 is 2.59 bits per heavy atom. The molecule has 1 heterocycles. The summed E-state index contributed by atoms with van der Waals surface area (Å²) in [4.78, 5) is 15.2. The number of nitrogens with two attached hydrogens (primary N) is 1. The molecule has 0 saturated carbocycles. The highest BCUT2D eigenvalue weighted by Gasteiger charge is 2.24. The average molecular weight is 254 g/mol. The quantitative estimate of drug-likeness (QED) is 0.876. The van der Waals surface area contributed by atoms with E-state index in [9.17, 15) is 4.79 Å². The van der Waals surface area contributed by atoms with E-state index in [2.05, 4.69) is 18.4 Å². The van der Waals surface area contributed by atoms with Crippen LogP contribution in [0, 0.1) is 18.8 Å². The number of rotatable bonds is 5. The van der Waals surface area contributed by atoms with E-state index in [1.807, 2.05) is 20.9 Å². The number of hydrogen-bond acceptors (Lipinski definition) is 3. The Balaban J connectivity index is 2.67. The van der Waals surface area contributed by atoms with Crippen molar-refractivity contribution in [3.8, 4) is 0 Å². The average Bonchev–Trinajstić information content (AvgIpc) is 2.64. The third-order valence-electron chi connectivity index (χ3n) is 3.10. The first kappa shape index (κ1) is 14.2. The Morgan fingerprint density at radius 1 is 1.53 bits per heavy atom. The molecule has 0 aliphatic rings. The van der Waals surface area contributed by atoms with Gasteiger partial charge in [0, 0.05) is 18.5 Å². The first-order valence-electron chi connectivity index (χ1n) is 5.95. The molecular formula is C13H22N2OS. The zero-order valence-corrected chi connectivity index (χ0v) is 11.9. The summed E-state index contributed by atoms with van der Waals surface area (Å²) in [6.45, 7) is 7.27. The van der Waals surface area contributed by atoms with Gasteiger partial charge in [-0.15, -0.1) is 11.3 Å². The minimum Gasteiger partial charge on any atom is -0.340 e. The zero-order chi connectivity index (χ0) is 13.0. The van der Waals surface area contributed by atoms with E-state index in [0.29, 0.717) is 19.0 Å². The number of hydrogen-bond donors (Lipinski definition) is 1. The maximum Gasteiger partial charge on any atom is 0.227 e. The van der Waals surface area contributed by atoms with Crippen LogP contribution in [0.5, 0.6) is 0 Å². The van der Waals surface area contributed by atoms with Crippen LogP contribution >= 0.6 is 11.3 Å². The molecule has 1 aromatic heterocycles. The first-order chi connectivity index (χ1) is 7.97. The molecule has 3 nitrogen and oxygen atoms in total. The molecule has 1 aromatic rings. The normalized spacial score (nSPS) is 12.8. The fourth-order valence-corrected chi connectivity index (χ4v) is 2.76. The van der Waals surface area contributed by atoms with Gasteiger partial charge in [0.25, 0.3) is 0 Å². The molecule has 0 saturated heterocycles. The van der Waals surface area contributed by atoms with Crippen LogP contribution in [0.15, 0.2) is 11.4 Å². The second kappa shape index (κ2) is 6.17. The van der Waals surface area contributed by atoms with Crippen LogP contribution in [0.2, 0.25) is 0 Å². The summed E-state index contributed by atoms with van der Waals surface area (Å²) in [6.07, 6.45) is 0. The largest absolute Gasteiger partial charge is 0.340 e. The van der Waals surface area contributed by atoms with Gasteiger partial charge in [0.2, 0.25) is 5.91 Å². The van der Waals surface area contributed by atoms with Crippen LogP contribution in [0.25, 0.3) is 0 Å². The van der Waals surface area contributed by atoms with Crippen molar-refractivity contribution in [3.63, 3.8) is 0 Å². The molecule has 1 atom stereocenters. The molecule has 0 aliphatic heterocycles. The Hall–Kier alpha value is -0.870. The van der Waals surface area contributed by atoms with Crippen molar-refractivity contribution in [2.45, 2.75) is 27.3 Å². The van der Waals surface area contributed by atoms with E-state index in [1.165, 1.54) is 10.4 Å². The molecule has 1 amide bonds. The van der Waals surface area contributed by atoms with Gasteiger partial charge in [-0.1, -0.05) is 13.8 Å². The summed E-state index contributed by atoms with van der Waals surface area (Å²) in [7, 11) is 1.85. The van der Waals surface area contributed by atoms with E-state index < -0.39 is 0 Å². The van der Waals surface area contributed by atoms with Crippen molar-refractivity contribution in [2.75, 3.05) is 13.6 Å². The third-order valence-corrected chi connectivity index (χ3v) is 4.11. The second-order valence-electron chi connectivity index (χ2n) is 4.81. The lowest BCUT2D eigenvalue weighted by molar-refractivity contribution is -0.135. The summed E-state index contributed by atoms with van der Waals surface area (Å²) in [6, 6.07) is 2.08. The van der Waals surface area contributed by atoms with Crippen LogP contribution < -0.4 is 5.73 Å². The number of carbonyl (C=O) groups excluding carboxylic acids is 1. The van der Waals surface area contributed by atoms with Gasteiger partial charge >= 0.3 is 0 Å². The maximum atomic E-state index is 12.2. The van der Waals surface area contributed by atoms with Gasteiger partial charge in [0.05, 0.1) is 12.5 Å². The highest BCUT2D eigenvalue weighted by atomic mass is 32.1. The topological polar surface area (TPSA) is 46.3 Å². The Kier molecular flexibility index (Phi) is 5.15. The minimum atomic E-state index is -0.0692. The first-order valence-corrected chi connectivity index (χ1v) is 6.83. The van der Waals surface area contributed by atoms with Gasteiger partial charge in [-0.3, -0.25) is 4.79 Å². The molecule has 0 aromatic carbocycles. The molecule has 0 fully saturated rings. The zero-order valence-electron chi connectivity index (χ0n) is 11.1. The van der Waals surface area contributed by atoms with Crippen LogP contribution in [0.3, 0.4) is 0 Å². The van der Waals surface area contributed by atoms with Crippen molar-refractivity contribution in [2.24, 2.45) is 17.6 Å². The predicted octanol–water partition coefficient (Wildman–Crippen LogP) is 2.25. The highest BCUT2D eigenvalue weighted by molar-refractivity contribution is 7.10. The SMILES string of the molecule is Cc1ccsc1CN(C)C(=O)C(CN)C(C)C. The number of nitrogens with zero attached hydrogens (tertiary/aromatic N) is 1. The summed E-state index contributed by atoms with van der Waals surface area (Å²) >= 11 is 1.70. The molecule has 0 radical (unpaired) electrons. The molecule has 2 N–H and O–H groups in total. The predicted molar refractivity (Wildman–Crippen MR) is 72.9 cm³/mol. The summed E-state index contributed by atoms with van der Waals surface area (Å²) in [5.74, 6) is 0.370. The molecule has 96 valence electrons. The van der Waals surface area contributed by atoms with Crippen molar-refractivity contribution in [1.82, 2.24) is 4.90 Å². The molecule has 0 spiro atoms. The van der Waals surface area contributed by atoms with Crippen molar-refractivity contribution in [1.29, 1.82) is 0 Å². The minimum absolute atomic E-state index is 0.0692. The summed E-state index contributed by atoms with van der Waals surface area (Å²) in [5.41, 5.74) is 6.92. The standard InChI is InChI=1S/C13H22N2OS/c1-9(2)11(7-14)13(16)15(4)8-12-10(3)5-6-17-12/h5-6,9,11H,7-8,14H2,1-4H3. The molecule has 1 rings (SSSR count). The summed E-state index contributed by atoms with van der Waals surface area (Å²) < 4.78 is 0. The molecule has 4 heteroatoms. The van der Waals surface area contributed by atoms with Gasteiger partial charge in [-0.2, -0.15) is 0 Å². The Labute approximate surface area is 108 Å². The molecule has 0 aliphatic carbocycles. The Bertz CT molecular complexity index is 373. The number of aryl methyl sites for hydroxylation is 1. The number of amides is 1. The van der Waals surface area contributed by atoms with Gasteiger partial charge < -0.3 is 10.6 Å². The lowest BCUT2D eigenvalue weighted by atomic mass is 9.94. The van der Waals surface area contributed by atoms with Crippen molar-refractivity contribution in [3.05, 3.63) is 21.9 Å². The summed E-state index contributed by atoms with van der Waals surface area (Å²) in [5, 5.41) is 2.06. The van der Waals surface area contributed by atoms with Crippen molar-refractivity contribution < 1.29 is 4.79 Å². The van der Waals surface area contributed by atoms with Gasteiger partial charge in [-0.25, -0.2) is 0 Å². The molecule has 1 unspecified atom stereocenters. The highest BCUT2D eigenvalue weighted by Crippen LogP contribution is 2.19. The van der Waals surface area contributed by atoms with Gasteiger partial charge in [-0.05, 0) is 29.9 Å². The van der Waals surface area contributed by atoms with Gasteiger partial charge in [0.1, 0.15) is 0 Å². The van der Waals surface area contributed by atoms with Crippen LogP contribution in [0.4, 0.5) is 0 Å². The van der Waals surface area contributed by atoms with Gasteiger partial charge in [0.15, 0.2) is 0 Å². The van der Waals surface area contributed by atoms with Crippen LogP contribution in [-0.4, -0.2) is 24.4 Å². The fraction of sp³-hybridized carbons (Fsp3) is 0.615. The van der Waals surface area contributed by atoms with Crippen LogP contribution in [-0.2, 0) is 11.3 Å². The van der Waals surface area contributed by atoms with E-state index in [4.69, 9.17) is 5.73 Å². The van der Waals surface area contributed by atoms with E-state index in [-0.39, 0.29) is 11.8 Å². The van der Waals surface area contributed by atoms with Crippen LogP contribution in [0.1, 0.15) is 24.3 Å².